The van der Waals surface area contributed by atoms with Crippen LogP contribution in [-0.2, 0) is 4.79 Å². The van der Waals surface area contributed by atoms with Gasteiger partial charge in [-0.3, -0.25) is 4.79 Å². The number of benzene rings is 2. The molecule has 2 atom stereocenters. The molecular weight excluding hydrogens is 380 g/mol. The van der Waals surface area contributed by atoms with Gasteiger partial charge in [0.1, 0.15) is 17.2 Å². The number of rotatable bonds is 8. The van der Waals surface area contributed by atoms with Crippen LogP contribution in [0.25, 0.3) is 0 Å². The first-order valence-corrected chi connectivity index (χ1v) is 10.5. The Labute approximate surface area is 179 Å². The van der Waals surface area contributed by atoms with Gasteiger partial charge in [0, 0.05) is 37.0 Å². The summed E-state index contributed by atoms with van der Waals surface area (Å²) < 4.78 is 16.1. The molecule has 0 spiro atoms. The summed E-state index contributed by atoms with van der Waals surface area (Å²) >= 11 is 0. The van der Waals surface area contributed by atoms with Crippen LogP contribution in [0.5, 0.6) is 17.2 Å². The Morgan fingerprint density at radius 2 is 1.73 bits per heavy atom. The second-order valence-electron chi connectivity index (χ2n) is 7.91. The van der Waals surface area contributed by atoms with Crippen molar-refractivity contribution in [2.45, 2.75) is 32.7 Å². The number of piperidine rings is 1. The van der Waals surface area contributed by atoms with Crippen LogP contribution in [0, 0.1) is 5.92 Å². The number of ether oxygens (including phenoxy) is 3. The number of hydrogen-bond donors (Lipinski definition) is 1. The maximum Gasteiger partial charge on any atom is 0.258 e. The van der Waals surface area contributed by atoms with E-state index in [2.05, 4.69) is 41.4 Å². The summed E-state index contributed by atoms with van der Waals surface area (Å²) in [5.74, 6) is 2.30. The van der Waals surface area contributed by atoms with Crippen molar-refractivity contribution in [3.05, 3.63) is 48.0 Å². The Hall–Kier alpha value is -2.89. The maximum atomic E-state index is 12.4. The van der Waals surface area contributed by atoms with E-state index in [1.807, 2.05) is 6.92 Å². The maximum absolute atomic E-state index is 12.4. The minimum Gasteiger partial charge on any atom is -0.496 e. The highest BCUT2D eigenvalue weighted by atomic mass is 16.5. The van der Waals surface area contributed by atoms with Gasteiger partial charge in [-0.05, 0) is 43.4 Å². The normalized spacial score (nSPS) is 17.2. The Morgan fingerprint density at radius 1 is 1.10 bits per heavy atom. The highest BCUT2D eigenvalue weighted by Crippen LogP contribution is 2.27. The standard InChI is InChI=1S/C24H32N2O4/c1-17-6-5-11-26(15-17)20-9-7-19(8-10-20)18(2)25-24(27)16-30-23-13-21(28-3)12-22(14-23)29-4/h7-10,12-14,17-18H,5-6,11,15-16H2,1-4H3,(H,25,27)/t17-,18+/m0/s1. The van der Waals surface area contributed by atoms with Crippen LogP contribution in [0.3, 0.4) is 0 Å². The number of carbonyl (C=O) groups is 1. The lowest BCUT2D eigenvalue weighted by Crippen LogP contribution is -2.34. The highest BCUT2D eigenvalue weighted by molar-refractivity contribution is 5.78. The Bertz CT molecular complexity index is 815. The lowest BCUT2D eigenvalue weighted by molar-refractivity contribution is -0.123. The van der Waals surface area contributed by atoms with E-state index in [0.29, 0.717) is 17.2 Å². The third kappa shape index (κ3) is 5.81. The fraction of sp³-hybridized carbons (Fsp3) is 0.458. The van der Waals surface area contributed by atoms with Crippen LogP contribution < -0.4 is 24.4 Å². The van der Waals surface area contributed by atoms with Gasteiger partial charge in [-0.15, -0.1) is 0 Å². The van der Waals surface area contributed by atoms with E-state index in [1.165, 1.54) is 18.5 Å². The van der Waals surface area contributed by atoms with E-state index in [4.69, 9.17) is 14.2 Å². The molecule has 1 amide bonds. The van der Waals surface area contributed by atoms with Crippen molar-refractivity contribution in [3.8, 4) is 17.2 Å². The minimum atomic E-state index is -0.182. The monoisotopic (exact) mass is 412 g/mol. The van der Waals surface area contributed by atoms with Crippen LogP contribution in [0.4, 0.5) is 5.69 Å². The predicted octanol–water partition coefficient (Wildman–Crippen LogP) is 4.20. The summed E-state index contributed by atoms with van der Waals surface area (Å²) in [5, 5.41) is 2.99. The molecule has 2 aromatic carbocycles. The fourth-order valence-corrected chi connectivity index (χ4v) is 3.78. The summed E-state index contributed by atoms with van der Waals surface area (Å²) in [6, 6.07) is 13.6. The highest BCUT2D eigenvalue weighted by Gasteiger charge is 2.17. The molecule has 0 aliphatic carbocycles. The van der Waals surface area contributed by atoms with Gasteiger partial charge >= 0.3 is 0 Å². The van der Waals surface area contributed by atoms with Gasteiger partial charge in [-0.1, -0.05) is 19.1 Å². The van der Waals surface area contributed by atoms with Crippen molar-refractivity contribution in [2.75, 3.05) is 38.8 Å². The van der Waals surface area contributed by atoms with Crippen molar-refractivity contribution < 1.29 is 19.0 Å². The van der Waals surface area contributed by atoms with E-state index >= 15 is 0 Å². The van der Waals surface area contributed by atoms with Crippen LogP contribution in [0.2, 0.25) is 0 Å². The van der Waals surface area contributed by atoms with Gasteiger partial charge in [0.2, 0.25) is 0 Å². The lowest BCUT2D eigenvalue weighted by atomic mass is 9.99. The third-order valence-corrected chi connectivity index (χ3v) is 5.49. The molecule has 0 radical (unpaired) electrons. The number of nitrogens with zero attached hydrogens (tertiary/aromatic N) is 1. The predicted molar refractivity (Wildman–Crippen MR) is 119 cm³/mol. The van der Waals surface area contributed by atoms with Gasteiger partial charge in [0.15, 0.2) is 6.61 Å². The molecule has 0 saturated carbocycles. The smallest absolute Gasteiger partial charge is 0.258 e. The molecule has 1 N–H and O–H groups in total. The first-order valence-electron chi connectivity index (χ1n) is 10.5. The second kappa shape index (κ2) is 10.2. The van der Waals surface area contributed by atoms with Crippen molar-refractivity contribution in [1.82, 2.24) is 5.32 Å². The number of anilines is 1. The first-order chi connectivity index (χ1) is 14.5. The van der Waals surface area contributed by atoms with Crippen molar-refractivity contribution in [2.24, 2.45) is 5.92 Å². The quantitative estimate of drug-likeness (QED) is 0.704. The van der Waals surface area contributed by atoms with Crippen LogP contribution >= 0.6 is 0 Å². The van der Waals surface area contributed by atoms with E-state index in [0.717, 1.165) is 24.6 Å². The van der Waals surface area contributed by atoms with Crippen molar-refractivity contribution in [1.29, 1.82) is 0 Å². The molecular formula is C24H32N2O4. The number of carbonyl (C=O) groups excluding carboxylic acids is 1. The minimum absolute atomic E-state index is 0.0790. The molecule has 0 aromatic heterocycles. The van der Waals surface area contributed by atoms with Gasteiger partial charge < -0.3 is 24.4 Å². The molecule has 30 heavy (non-hydrogen) atoms. The Kier molecular flexibility index (Phi) is 7.44. The number of methoxy groups -OCH3 is 2. The molecule has 1 saturated heterocycles. The molecule has 1 fully saturated rings. The topological polar surface area (TPSA) is 60.0 Å². The molecule has 1 aliphatic rings. The number of amides is 1. The Morgan fingerprint density at radius 3 is 2.33 bits per heavy atom. The lowest BCUT2D eigenvalue weighted by Gasteiger charge is -2.33. The molecule has 3 rings (SSSR count). The molecule has 0 bridgehead atoms. The summed E-state index contributed by atoms with van der Waals surface area (Å²) in [7, 11) is 3.15. The van der Waals surface area contributed by atoms with Crippen molar-refractivity contribution in [3.63, 3.8) is 0 Å². The number of nitrogens with one attached hydrogen (secondary N) is 1. The molecule has 2 aromatic rings. The first kappa shape index (κ1) is 21.8. The van der Waals surface area contributed by atoms with Gasteiger partial charge in [-0.25, -0.2) is 0 Å². The summed E-state index contributed by atoms with van der Waals surface area (Å²) in [4.78, 5) is 14.8. The molecule has 1 aliphatic heterocycles. The van der Waals surface area contributed by atoms with Gasteiger partial charge in [0.05, 0.1) is 20.3 Å². The van der Waals surface area contributed by atoms with E-state index < -0.39 is 0 Å². The van der Waals surface area contributed by atoms with E-state index in [9.17, 15) is 4.79 Å². The van der Waals surface area contributed by atoms with Crippen molar-refractivity contribution >= 4 is 11.6 Å². The molecule has 0 unspecified atom stereocenters. The number of hydrogen-bond acceptors (Lipinski definition) is 5. The van der Waals surface area contributed by atoms with E-state index in [1.54, 1.807) is 32.4 Å². The SMILES string of the molecule is COc1cc(OC)cc(OCC(=O)N[C@H](C)c2ccc(N3CCC[C@H](C)C3)cc2)c1. The molecule has 1 heterocycles. The zero-order valence-electron chi connectivity index (χ0n) is 18.3. The Balaban J connectivity index is 1.53. The largest absolute Gasteiger partial charge is 0.496 e. The summed E-state index contributed by atoms with van der Waals surface area (Å²) in [6.45, 7) is 6.43. The molecule has 6 nitrogen and oxygen atoms in total. The van der Waals surface area contributed by atoms with Gasteiger partial charge in [0.25, 0.3) is 5.91 Å². The summed E-state index contributed by atoms with van der Waals surface area (Å²) in [5.41, 5.74) is 2.32. The molecule has 162 valence electrons. The average molecular weight is 413 g/mol. The van der Waals surface area contributed by atoms with Crippen LogP contribution in [-0.4, -0.2) is 39.8 Å². The average Bonchev–Trinajstić information content (AvgIpc) is 2.77. The van der Waals surface area contributed by atoms with Gasteiger partial charge in [-0.2, -0.15) is 0 Å². The molecule has 6 heteroatoms. The summed E-state index contributed by atoms with van der Waals surface area (Å²) in [6.07, 6.45) is 2.55. The second-order valence-corrected chi connectivity index (χ2v) is 7.91. The zero-order valence-corrected chi connectivity index (χ0v) is 18.3. The van der Waals surface area contributed by atoms with E-state index in [-0.39, 0.29) is 18.6 Å². The van der Waals surface area contributed by atoms with Crippen LogP contribution in [0.15, 0.2) is 42.5 Å². The fourth-order valence-electron chi connectivity index (χ4n) is 3.78. The zero-order chi connectivity index (χ0) is 21.5. The third-order valence-electron chi connectivity index (χ3n) is 5.49. The van der Waals surface area contributed by atoms with Crippen LogP contribution in [0.1, 0.15) is 38.3 Å².